The molecule has 170 valence electrons. The number of hydrogen-bond acceptors (Lipinski definition) is 7. The van der Waals surface area contributed by atoms with Crippen LogP contribution in [-0.4, -0.2) is 31.2 Å². The van der Waals surface area contributed by atoms with E-state index in [4.69, 9.17) is 25.8 Å². The molecule has 0 unspecified atom stereocenters. The van der Waals surface area contributed by atoms with Gasteiger partial charge in [0.25, 0.3) is 5.91 Å². The second-order valence-electron chi connectivity index (χ2n) is 6.96. The maximum absolute atomic E-state index is 12.3. The molecule has 3 rings (SSSR count). The Morgan fingerprint density at radius 2 is 1.88 bits per heavy atom. The van der Waals surface area contributed by atoms with E-state index in [1.165, 1.54) is 17.4 Å². The number of nitrogens with one attached hydrogen (secondary N) is 1. The highest BCUT2D eigenvalue weighted by Crippen LogP contribution is 2.29. The molecule has 0 aliphatic rings. The standard InChI is InChI=1S/C24H22ClN3O4S/c1-15-4-6-21(22(10-15)30-3)32-9-8-31-20-7-5-17(12-19(20)25)11-18(13-26)23(29)28-24-27-16(2)14-33-24/h4-7,10-12,14H,8-9H2,1-3H3,(H,27,28,29)/b18-11-. The Bertz CT molecular complexity index is 1220. The lowest BCUT2D eigenvalue weighted by Crippen LogP contribution is -2.13. The number of hydrogen-bond donors (Lipinski definition) is 1. The molecule has 0 aliphatic heterocycles. The topological polar surface area (TPSA) is 93.5 Å². The average molecular weight is 484 g/mol. The number of ether oxygens (including phenoxy) is 3. The highest BCUT2D eigenvalue weighted by Gasteiger charge is 2.12. The van der Waals surface area contributed by atoms with Crippen LogP contribution >= 0.6 is 22.9 Å². The summed E-state index contributed by atoms with van der Waals surface area (Å²) in [6, 6.07) is 12.6. The third kappa shape index (κ3) is 6.72. The second-order valence-corrected chi connectivity index (χ2v) is 8.22. The summed E-state index contributed by atoms with van der Waals surface area (Å²) in [7, 11) is 1.59. The van der Waals surface area contributed by atoms with E-state index in [-0.39, 0.29) is 12.2 Å². The summed E-state index contributed by atoms with van der Waals surface area (Å²) in [5.74, 6) is 1.22. The number of amides is 1. The molecule has 1 N–H and O–H groups in total. The third-order valence-corrected chi connectivity index (χ3v) is 5.56. The van der Waals surface area contributed by atoms with Crippen molar-refractivity contribution >= 4 is 40.1 Å². The van der Waals surface area contributed by atoms with Crippen molar-refractivity contribution in [3.63, 3.8) is 0 Å². The Labute approximate surface area is 201 Å². The molecule has 1 heterocycles. The number of nitrogens with zero attached hydrogens (tertiary/aromatic N) is 2. The van der Waals surface area contributed by atoms with Crippen LogP contribution in [-0.2, 0) is 4.79 Å². The van der Waals surface area contributed by atoms with Gasteiger partial charge >= 0.3 is 0 Å². The maximum atomic E-state index is 12.3. The average Bonchev–Trinajstić information content (AvgIpc) is 3.21. The van der Waals surface area contributed by atoms with Crippen LogP contribution in [0.2, 0.25) is 5.02 Å². The van der Waals surface area contributed by atoms with Gasteiger partial charge in [-0.1, -0.05) is 23.7 Å². The number of benzene rings is 2. The molecule has 33 heavy (non-hydrogen) atoms. The molecule has 0 atom stereocenters. The van der Waals surface area contributed by atoms with Gasteiger partial charge < -0.3 is 14.2 Å². The predicted octanol–water partition coefficient (Wildman–Crippen LogP) is 5.43. The van der Waals surface area contributed by atoms with E-state index in [0.717, 1.165) is 11.3 Å². The van der Waals surface area contributed by atoms with Crippen LogP contribution in [0.5, 0.6) is 17.2 Å². The van der Waals surface area contributed by atoms with Gasteiger partial charge in [0.05, 0.1) is 17.8 Å². The van der Waals surface area contributed by atoms with Crippen molar-refractivity contribution in [3.8, 4) is 23.3 Å². The SMILES string of the molecule is COc1cc(C)ccc1OCCOc1ccc(/C=C(/C#N)C(=O)Nc2nc(C)cs2)cc1Cl. The van der Waals surface area contributed by atoms with Gasteiger partial charge in [-0.05, 0) is 55.3 Å². The van der Waals surface area contributed by atoms with Gasteiger partial charge in [-0.25, -0.2) is 4.98 Å². The molecule has 0 aliphatic carbocycles. The van der Waals surface area contributed by atoms with Crippen LogP contribution < -0.4 is 19.5 Å². The van der Waals surface area contributed by atoms with E-state index < -0.39 is 5.91 Å². The van der Waals surface area contributed by atoms with Crippen molar-refractivity contribution in [2.24, 2.45) is 0 Å². The van der Waals surface area contributed by atoms with Crippen molar-refractivity contribution < 1.29 is 19.0 Å². The molecule has 0 spiro atoms. The molecule has 9 heteroatoms. The molecule has 1 aromatic heterocycles. The van der Waals surface area contributed by atoms with Crippen molar-refractivity contribution in [2.45, 2.75) is 13.8 Å². The molecule has 2 aromatic carbocycles. The number of halogens is 1. The van der Waals surface area contributed by atoms with E-state index in [1.54, 1.807) is 25.3 Å². The molecule has 1 amide bonds. The molecule has 0 radical (unpaired) electrons. The first-order valence-corrected chi connectivity index (χ1v) is 11.2. The number of nitriles is 1. The number of rotatable bonds is 9. The molecule has 0 bridgehead atoms. The summed E-state index contributed by atoms with van der Waals surface area (Å²) in [6.45, 7) is 4.37. The largest absolute Gasteiger partial charge is 0.493 e. The Hall–Kier alpha value is -3.54. The molecule has 7 nitrogen and oxygen atoms in total. The maximum Gasteiger partial charge on any atom is 0.268 e. The number of carbonyl (C=O) groups excluding carboxylic acids is 1. The fourth-order valence-corrected chi connectivity index (χ4v) is 3.74. The first kappa shape index (κ1) is 24.1. The highest BCUT2D eigenvalue weighted by atomic mass is 35.5. The smallest absolute Gasteiger partial charge is 0.268 e. The van der Waals surface area contributed by atoms with Gasteiger partial charge in [-0.3, -0.25) is 10.1 Å². The first-order chi connectivity index (χ1) is 15.9. The normalized spacial score (nSPS) is 10.9. The van der Waals surface area contributed by atoms with Gasteiger partial charge in [0.1, 0.15) is 30.6 Å². The van der Waals surface area contributed by atoms with Crippen LogP contribution in [0, 0.1) is 25.2 Å². The van der Waals surface area contributed by atoms with Crippen molar-refractivity contribution in [1.82, 2.24) is 4.98 Å². The first-order valence-electron chi connectivity index (χ1n) is 9.94. The second kappa shape index (κ2) is 11.4. The molecule has 0 saturated heterocycles. The minimum absolute atomic E-state index is 0.0620. The minimum atomic E-state index is -0.535. The number of anilines is 1. The minimum Gasteiger partial charge on any atom is -0.493 e. The third-order valence-electron chi connectivity index (χ3n) is 4.39. The molecule has 0 saturated carbocycles. The summed E-state index contributed by atoms with van der Waals surface area (Å²) in [5.41, 5.74) is 2.40. The van der Waals surface area contributed by atoms with E-state index in [9.17, 15) is 10.1 Å². The highest BCUT2D eigenvalue weighted by molar-refractivity contribution is 7.13. The number of aryl methyl sites for hydroxylation is 2. The van der Waals surface area contributed by atoms with Crippen LogP contribution in [0.4, 0.5) is 5.13 Å². The van der Waals surface area contributed by atoms with Crippen molar-refractivity contribution in [3.05, 3.63) is 69.2 Å². The van der Waals surface area contributed by atoms with Crippen LogP contribution in [0.3, 0.4) is 0 Å². The van der Waals surface area contributed by atoms with Gasteiger partial charge in [0.15, 0.2) is 16.6 Å². The van der Waals surface area contributed by atoms with Gasteiger partial charge in [0.2, 0.25) is 0 Å². The van der Waals surface area contributed by atoms with Gasteiger partial charge in [-0.15, -0.1) is 11.3 Å². The zero-order valence-corrected chi connectivity index (χ0v) is 19.9. The number of aromatic nitrogens is 1. The zero-order valence-electron chi connectivity index (χ0n) is 18.3. The number of carbonyl (C=O) groups is 1. The summed E-state index contributed by atoms with van der Waals surface area (Å²) in [5, 5.41) is 14.6. The number of methoxy groups -OCH3 is 1. The van der Waals surface area contributed by atoms with Gasteiger partial charge in [0, 0.05) is 5.38 Å². The van der Waals surface area contributed by atoms with Crippen molar-refractivity contribution in [1.29, 1.82) is 5.26 Å². The van der Waals surface area contributed by atoms with E-state index in [2.05, 4.69) is 10.3 Å². The summed E-state index contributed by atoms with van der Waals surface area (Å²) < 4.78 is 16.7. The van der Waals surface area contributed by atoms with Crippen molar-refractivity contribution in [2.75, 3.05) is 25.6 Å². The molecular formula is C24H22ClN3O4S. The summed E-state index contributed by atoms with van der Waals surface area (Å²) in [6.07, 6.45) is 1.46. The van der Waals surface area contributed by atoms with Crippen LogP contribution in [0.25, 0.3) is 6.08 Å². The van der Waals surface area contributed by atoms with E-state index >= 15 is 0 Å². The van der Waals surface area contributed by atoms with Crippen LogP contribution in [0.1, 0.15) is 16.8 Å². The Morgan fingerprint density at radius 3 is 2.52 bits per heavy atom. The fraction of sp³-hybridized carbons (Fsp3) is 0.208. The summed E-state index contributed by atoms with van der Waals surface area (Å²) >= 11 is 7.61. The lowest BCUT2D eigenvalue weighted by atomic mass is 10.1. The van der Waals surface area contributed by atoms with E-state index in [1.807, 2.05) is 43.5 Å². The Morgan fingerprint density at radius 1 is 1.15 bits per heavy atom. The van der Waals surface area contributed by atoms with Crippen LogP contribution in [0.15, 0.2) is 47.4 Å². The molecule has 3 aromatic rings. The Balaban J connectivity index is 1.58. The lowest BCUT2D eigenvalue weighted by molar-refractivity contribution is -0.112. The predicted molar refractivity (Wildman–Crippen MR) is 129 cm³/mol. The van der Waals surface area contributed by atoms with Gasteiger partial charge in [-0.2, -0.15) is 5.26 Å². The number of thiazole rings is 1. The van der Waals surface area contributed by atoms with E-state index in [0.29, 0.717) is 39.6 Å². The zero-order chi connectivity index (χ0) is 23.8. The molecular weight excluding hydrogens is 462 g/mol. The fourth-order valence-electron chi connectivity index (χ4n) is 2.81. The monoisotopic (exact) mass is 483 g/mol. The Kier molecular flexibility index (Phi) is 8.30. The lowest BCUT2D eigenvalue weighted by Gasteiger charge is -2.12. The quantitative estimate of drug-likeness (QED) is 0.248. The summed E-state index contributed by atoms with van der Waals surface area (Å²) in [4.78, 5) is 16.5. The molecule has 0 fully saturated rings.